The fraction of sp³-hybridized carbons (Fsp3) is 0.533. The van der Waals surface area contributed by atoms with Crippen molar-refractivity contribution in [2.24, 2.45) is 10.9 Å². The smallest absolute Gasteiger partial charge is 0.173 e. The van der Waals surface area contributed by atoms with Gasteiger partial charge in [-0.3, -0.25) is 0 Å². The summed E-state index contributed by atoms with van der Waals surface area (Å²) in [5, 5.41) is 15.4. The highest BCUT2D eigenvalue weighted by molar-refractivity contribution is 5.99. The lowest BCUT2D eigenvalue weighted by molar-refractivity contribution is 0.318. The van der Waals surface area contributed by atoms with Crippen LogP contribution in [0.25, 0.3) is 0 Å². The van der Waals surface area contributed by atoms with Gasteiger partial charge in [0.25, 0.3) is 0 Å². The van der Waals surface area contributed by atoms with Crippen LogP contribution in [0.15, 0.2) is 23.4 Å². The van der Waals surface area contributed by atoms with Crippen LogP contribution < -0.4 is 15.8 Å². The van der Waals surface area contributed by atoms with E-state index in [1.807, 2.05) is 18.2 Å². The lowest BCUT2D eigenvalue weighted by atomic mass is 10.1. The number of amidine groups is 1. The van der Waals surface area contributed by atoms with E-state index in [4.69, 9.17) is 15.7 Å². The minimum atomic E-state index is 0.0595. The molecule has 0 aliphatic rings. The molecule has 20 heavy (non-hydrogen) atoms. The summed E-state index contributed by atoms with van der Waals surface area (Å²) in [5.41, 5.74) is 7.36. The minimum absolute atomic E-state index is 0.0595. The third-order valence-electron chi connectivity index (χ3n) is 3.37. The van der Waals surface area contributed by atoms with Crippen LogP contribution in [-0.2, 0) is 6.54 Å². The van der Waals surface area contributed by atoms with Crippen LogP contribution >= 0.6 is 0 Å². The molecule has 0 spiro atoms. The van der Waals surface area contributed by atoms with Crippen molar-refractivity contribution < 1.29 is 9.94 Å². The quantitative estimate of drug-likeness (QED) is 0.295. The molecule has 0 bridgehead atoms. The van der Waals surface area contributed by atoms with Crippen LogP contribution in [-0.4, -0.2) is 24.2 Å². The first kappa shape index (κ1) is 16.3. The number of methoxy groups -OCH3 is 1. The normalized spacial score (nSPS) is 13.2. The van der Waals surface area contributed by atoms with E-state index in [1.54, 1.807) is 7.11 Å². The zero-order valence-corrected chi connectivity index (χ0v) is 12.5. The van der Waals surface area contributed by atoms with E-state index in [9.17, 15) is 0 Å². The Kier molecular flexibility index (Phi) is 6.87. The van der Waals surface area contributed by atoms with Gasteiger partial charge in [-0.2, -0.15) is 0 Å². The van der Waals surface area contributed by atoms with Crippen LogP contribution in [0.2, 0.25) is 0 Å². The standard InChI is InChI=1S/C15H25N3O2/c1-4-6-12(5-2)17-10-11-7-8-14(20-3)13(9-11)15(16)18-19/h7-9,12,17,19H,4-6,10H2,1-3H3,(H2,16,18). The second-order valence-electron chi connectivity index (χ2n) is 4.79. The number of nitrogens with zero attached hydrogens (tertiary/aromatic N) is 1. The van der Waals surface area contributed by atoms with Crippen LogP contribution in [0, 0.1) is 0 Å². The molecule has 0 aliphatic carbocycles. The molecule has 0 aliphatic heterocycles. The van der Waals surface area contributed by atoms with Crippen molar-refractivity contribution in [3.05, 3.63) is 29.3 Å². The van der Waals surface area contributed by atoms with Gasteiger partial charge in [0.15, 0.2) is 5.84 Å². The molecule has 1 unspecified atom stereocenters. The van der Waals surface area contributed by atoms with Gasteiger partial charge >= 0.3 is 0 Å². The van der Waals surface area contributed by atoms with Gasteiger partial charge in [-0.1, -0.05) is 31.5 Å². The molecule has 5 nitrogen and oxygen atoms in total. The van der Waals surface area contributed by atoms with E-state index in [0.29, 0.717) is 17.4 Å². The van der Waals surface area contributed by atoms with Gasteiger partial charge in [-0.05, 0) is 30.5 Å². The summed E-state index contributed by atoms with van der Waals surface area (Å²) >= 11 is 0. The molecular formula is C15H25N3O2. The Balaban J connectivity index is 2.81. The summed E-state index contributed by atoms with van der Waals surface area (Å²) in [6.07, 6.45) is 3.44. The zero-order valence-electron chi connectivity index (χ0n) is 12.5. The van der Waals surface area contributed by atoms with Crippen molar-refractivity contribution in [2.45, 2.75) is 45.7 Å². The molecule has 1 rings (SSSR count). The molecule has 5 heteroatoms. The maximum Gasteiger partial charge on any atom is 0.173 e. The molecule has 0 saturated carbocycles. The minimum Gasteiger partial charge on any atom is -0.496 e. The molecule has 0 amide bonds. The number of nitrogens with one attached hydrogen (secondary N) is 1. The van der Waals surface area contributed by atoms with E-state index in [0.717, 1.165) is 18.5 Å². The van der Waals surface area contributed by atoms with Crippen molar-refractivity contribution in [1.29, 1.82) is 0 Å². The first-order valence-electron chi connectivity index (χ1n) is 7.04. The van der Waals surface area contributed by atoms with Crippen molar-refractivity contribution in [3.8, 4) is 5.75 Å². The third kappa shape index (κ3) is 4.42. The Morgan fingerprint density at radius 2 is 2.20 bits per heavy atom. The van der Waals surface area contributed by atoms with Crippen LogP contribution in [0.4, 0.5) is 0 Å². The number of nitrogens with two attached hydrogens (primary N) is 1. The van der Waals surface area contributed by atoms with Gasteiger partial charge in [-0.15, -0.1) is 0 Å². The second-order valence-corrected chi connectivity index (χ2v) is 4.79. The number of rotatable bonds is 8. The Morgan fingerprint density at radius 3 is 2.75 bits per heavy atom. The Bertz CT molecular complexity index is 447. The summed E-state index contributed by atoms with van der Waals surface area (Å²) in [6.45, 7) is 5.13. The predicted octanol–water partition coefficient (Wildman–Crippen LogP) is 2.46. The molecule has 0 saturated heterocycles. The summed E-state index contributed by atoms with van der Waals surface area (Å²) in [5.74, 6) is 0.661. The lowest BCUT2D eigenvalue weighted by Gasteiger charge is -2.17. The molecule has 1 aromatic rings. The maximum atomic E-state index is 8.82. The zero-order chi connectivity index (χ0) is 15.0. The van der Waals surface area contributed by atoms with Crippen LogP contribution in [0.1, 0.15) is 44.2 Å². The van der Waals surface area contributed by atoms with E-state index in [-0.39, 0.29) is 5.84 Å². The Hall–Kier alpha value is -1.75. The summed E-state index contributed by atoms with van der Waals surface area (Å²) in [7, 11) is 1.57. The molecule has 4 N–H and O–H groups in total. The van der Waals surface area contributed by atoms with E-state index in [1.165, 1.54) is 12.8 Å². The average molecular weight is 279 g/mol. The number of hydrogen-bond donors (Lipinski definition) is 3. The van der Waals surface area contributed by atoms with Gasteiger partial charge in [0.2, 0.25) is 0 Å². The number of benzene rings is 1. The second kappa shape index (κ2) is 8.43. The third-order valence-corrected chi connectivity index (χ3v) is 3.37. The molecule has 1 aromatic carbocycles. The molecule has 0 aromatic heterocycles. The number of hydrogen-bond acceptors (Lipinski definition) is 4. The molecule has 0 radical (unpaired) electrons. The molecule has 0 heterocycles. The van der Waals surface area contributed by atoms with E-state index < -0.39 is 0 Å². The highest BCUT2D eigenvalue weighted by Crippen LogP contribution is 2.20. The van der Waals surface area contributed by atoms with Gasteiger partial charge in [-0.25, -0.2) is 0 Å². The van der Waals surface area contributed by atoms with Crippen LogP contribution in [0.3, 0.4) is 0 Å². The van der Waals surface area contributed by atoms with E-state index in [2.05, 4.69) is 24.3 Å². The lowest BCUT2D eigenvalue weighted by Crippen LogP contribution is -2.27. The fourth-order valence-corrected chi connectivity index (χ4v) is 2.18. The highest BCUT2D eigenvalue weighted by atomic mass is 16.5. The highest BCUT2D eigenvalue weighted by Gasteiger charge is 2.10. The molecular weight excluding hydrogens is 254 g/mol. The summed E-state index contributed by atoms with van der Waals surface area (Å²) in [6, 6.07) is 6.23. The van der Waals surface area contributed by atoms with E-state index >= 15 is 0 Å². The number of oxime groups is 1. The largest absolute Gasteiger partial charge is 0.496 e. The summed E-state index contributed by atoms with van der Waals surface area (Å²) in [4.78, 5) is 0. The maximum absolute atomic E-state index is 8.82. The summed E-state index contributed by atoms with van der Waals surface area (Å²) < 4.78 is 5.22. The Morgan fingerprint density at radius 1 is 1.45 bits per heavy atom. The first-order valence-corrected chi connectivity index (χ1v) is 7.04. The Labute approximate surface area is 120 Å². The first-order chi connectivity index (χ1) is 9.65. The molecule has 0 fully saturated rings. The van der Waals surface area contributed by atoms with Gasteiger partial charge < -0.3 is 21.0 Å². The van der Waals surface area contributed by atoms with Gasteiger partial charge in [0.1, 0.15) is 5.75 Å². The van der Waals surface area contributed by atoms with Gasteiger partial charge in [0, 0.05) is 12.6 Å². The predicted molar refractivity (Wildman–Crippen MR) is 81.3 cm³/mol. The SMILES string of the molecule is CCCC(CC)NCc1ccc(OC)c(C(N)=NO)c1. The van der Waals surface area contributed by atoms with Crippen LogP contribution in [0.5, 0.6) is 5.75 Å². The topological polar surface area (TPSA) is 79.9 Å². The van der Waals surface area contributed by atoms with Crippen molar-refractivity contribution in [2.75, 3.05) is 7.11 Å². The number of ether oxygens (including phenoxy) is 1. The monoisotopic (exact) mass is 279 g/mol. The molecule has 1 atom stereocenters. The average Bonchev–Trinajstić information content (AvgIpc) is 2.50. The van der Waals surface area contributed by atoms with Crippen molar-refractivity contribution in [1.82, 2.24) is 5.32 Å². The van der Waals surface area contributed by atoms with Crippen molar-refractivity contribution in [3.63, 3.8) is 0 Å². The molecule has 112 valence electrons. The fourth-order valence-electron chi connectivity index (χ4n) is 2.18. The van der Waals surface area contributed by atoms with Crippen molar-refractivity contribution >= 4 is 5.84 Å². The van der Waals surface area contributed by atoms with Gasteiger partial charge in [0.05, 0.1) is 12.7 Å².